The minimum atomic E-state index is 0.367. The van der Waals surface area contributed by atoms with E-state index in [1.807, 2.05) is 24.3 Å². The monoisotopic (exact) mass is 181 g/mol. The lowest BCUT2D eigenvalue weighted by Gasteiger charge is -2.01. The SMILES string of the molecule is O=C=NCc1ccccc1CCl. The lowest BCUT2D eigenvalue weighted by atomic mass is 10.1. The Morgan fingerprint density at radius 2 is 2.00 bits per heavy atom. The zero-order valence-electron chi connectivity index (χ0n) is 6.46. The van der Waals surface area contributed by atoms with Crippen molar-refractivity contribution in [1.82, 2.24) is 0 Å². The molecule has 0 aliphatic carbocycles. The van der Waals surface area contributed by atoms with Crippen molar-refractivity contribution in [2.45, 2.75) is 12.4 Å². The first-order valence-electron chi connectivity index (χ1n) is 3.55. The number of hydrogen-bond donors (Lipinski definition) is 0. The van der Waals surface area contributed by atoms with E-state index in [0.717, 1.165) is 11.1 Å². The summed E-state index contributed by atoms with van der Waals surface area (Å²) in [6.07, 6.45) is 1.50. The van der Waals surface area contributed by atoms with Crippen molar-refractivity contribution in [3.8, 4) is 0 Å². The Morgan fingerprint density at radius 1 is 1.33 bits per heavy atom. The fourth-order valence-electron chi connectivity index (χ4n) is 0.960. The molecule has 0 bridgehead atoms. The Balaban J connectivity index is 2.88. The van der Waals surface area contributed by atoms with E-state index in [2.05, 4.69) is 4.99 Å². The van der Waals surface area contributed by atoms with Crippen LogP contribution in [-0.2, 0) is 17.2 Å². The maximum atomic E-state index is 9.85. The molecular formula is C9H8ClNO. The Labute approximate surface area is 75.9 Å². The van der Waals surface area contributed by atoms with E-state index in [1.54, 1.807) is 0 Å². The first-order chi connectivity index (χ1) is 5.88. The van der Waals surface area contributed by atoms with Crippen molar-refractivity contribution < 1.29 is 4.79 Å². The maximum absolute atomic E-state index is 9.85. The topological polar surface area (TPSA) is 29.4 Å². The van der Waals surface area contributed by atoms with E-state index in [1.165, 1.54) is 6.08 Å². The predicted octanol–water partition coefficient (Wildman–Crippen LogP) is 2.26. The summed E-state index contributed by atoms with van der Waals surface area (Å²) in [6.45, 7) is 0.367. The summed E-state index contributed by atoms with van der Waals surface area (Å²) in [6, 6.07) is 7.62. The summed E-state index contributed by atoms with van der Waals surface area (Å²) in [5, 5.41) is 0. The summed E-state index contributed by atoms with van der Waals surface area (Å²) in [4.78, 5) is 13.3. The summed E-state index contributed by atoms with van der Waals surface area (Å²) in [5.41, 5.74) is 1.99. The van der Waals surface area contributed by atoms with Gasteiger partial charge in [0.25, 0.3) is 0 Å². The molecule has 0 heterocycles. The molecule has 0 saturated heterocycles. The van der Waals surface area contributed by atoms with Crippen LogP contribution in [-0.4, -0.2) is 6.08 Å². The van der Waals surface area contributed by atoms with Crippen molar-refractivity contribution in [3.05, 3.63) is 35.4 Å². The van der Waals surface area contributed by atoms with Gasteiger partial charge in [-0.25, -0.2) is 9.79 Å². The molecule has 0 saturated carbocycles. The second-order valence-electron chi connectivity index (χ2n) is 2.31. The van der Waals surface area contributed by atoms with Crippen LogP contribution in [0, 0.1) is 0 Å². The fraction of sp³-hybridized carbons (Fsp3) is 0.222. The smallest absolute Gasteiger partial charge is 0.211 e. The van der Waals surface area contributed by atoms with Crippen LogP contribution in [0.1, 0.15) is 11.1 Å². The standard InChI is InChI=1S/C9H8ClNO/c10-5-8-3-1-2-4-9(8)6-11-7-12/h1-4H,5-6H2. The van der Waals surface area contributed by atoms with E-state index in [0.29, 0.717) is 12.4 Å². The van der Waals surface area contributed by atoms with Gasteiger partial charge in [-0.1, -0.05) is 24.3 Å². The number of nitrogens with zero attached hydrogens (tertiary/aromatic N) is 1. The summed E-state index contributed by atoms with van der Waals surface area (Å²) in [7, 11) is 0. The summed E-state index contributed by atoms with van der Waals surface area (Å²) in [5.74, 6) is 0.449. The van der Waals surface area contributed by atoms with Crippen LogP contribution in [0.5, 0.6) is 0 Å². The van der Waals surface area contributed by atoms with Crippen molar-refractivity contribution >= 4 is 17.7 Å². The van der Waals surface area contributed by atoms with Gasteiger partial charge in [-0.05, 0) is 11.1 Å². The minimum absolute atomic E-state index is 0.367. The highest BCUT2D eigenvalue weighted by Gasteiger charge is 1.97. The first kappa shape index (κ1) is 8.98. The highest BCUT2D eigenvalue weighted by molar-refractivity contribution is 6.17. The lowest BCUT2D eigenvalue weighted by Crippen LogP contribution is -1.88. The number of alkyl halides is 1. The molecule has 0 spiro atoms. The van der Waals surface area contributed by atoms with Gasteiger partial charge in [-0.3, -0.25) is 0 Å². The second kappa shape index (κ2) is 4.70. The highest BCUT2D eigenvalue weighted by Crippen LogP contribution is 2.11. The van der Waals surface area contributed by atoms with Gasteiger partial charge < -0.3 is 0 Å². The molecule has 1 aromatic carbocycles. The van der Waals surface area contributed by atoms with Crippen LogP contribution >= 0.6 is 11.6 Å². The zero-order valence-corrected chi connectivity index (χ0v) is 7.21. The highest BCUT2D eigenvalue weighted by atomic mass is 35.5. The molecule has 1 rings (SSSR count). The maximum Gasteiger partial charge on any atom is 0.235 e. The van der Waals surface area contributed by atoms with Gasteiger partial charge in [-0.2, -0.15) is 0 Å². The molecule has 2 nitrogen and oxygen atoms in total. The molecule has 12 heavy (non-hydrogen) atoms. The van der Waals surface area contributed by atoms with Crippen LogP contribution in [0.4, 0.5) is 0 Å². The van der Waals surface area contributed by atoms with Gasteiger partial charge in [0, 0.05) is 5.88 Å². The predicted molar refractivity (Wildman–Crippen MR) is 47.8 cm³/mol. The molecule has 0 unspecified atom stereocenters. The van der Waals surface area contributed by atoms with Crippen molar-refractivity contribution in [1.29, 1.82) is 0 Å². The van der Waals surface area contributed by atoms with E-state index >= 15 is 0 Å². The summed E-state index contributed by atoms with van der Waals surface area (Å²) < 4.78 is 0. The Kier molecular flexibility index (Phi) is 3.52. The quantitative estimate of drug-likeness (QED) is 0.400. The molecule has 0 aromatic heterocycles. The third-order valence-corrected chi connectivity index (χ3v) is 1.86. The zero-order chi connectivity index (χ0) is 8.81. The van der Waals surface area contributed by atoms with Gasteiger partial charge in [0.1, 0.15) is 0 Å². The van der Waals surface area contributed by atoms with Crippen LogP contribution in [0.2, 0.25) is 0 Å². The Hall–Kier alpha value is -1.11. The molecule has 0 atom stereocenters. The van der Waals surface area contributed by atoms with Crippen molar-refractivity contribution in [2.24, 2.45) is 4.99 Å². The number of isocyanates is 1. The van der Waals surface area contributed by atoms with Gasteiger partial charge in [0.2, 0.25) is 6.08 Å². The number of hydrogen-bond acceptors (Lipinski definition) is 2. The normalized spacial score (nSPS) is 9.08. The lowest BCUT2D eigenvalue weighted by molar-refractivity contribution is 0.562. The third kappa shape index (κ3) is 2.19. The van der Waals surface area contributed by atoms with Gasteiger partial charge in [-0.15, -0.1) is 11.6 Å². The molecule has 1 aromatic rings. The molecule has 3 heteroatoms. The van der Waals surface area contributed by atoms with Crippen LogP contribution in [0.25, 0.3) is 0 Å². The van der Waals surface area contributed by atoms with Crippen molar-refractivity contribution in [2.75, 3.05) is 0 Å². The van der Waals surface area contributed by atoms with E-state index in [4.69, 9.17) is 11.6 Å². The van der Waals surface area contributed by atoms with E-state index < -0.39 is 0 Å². The molecule has 0 N–H and O–H groups in total. The molecule has 62 valence electrons. The summed E-state index contributed by atoms with van der Waals surface area (Å²) >= 11 is 5.67. The number of aliphatic imine (C=N–C) groups is 1. The van der Waals surface area contributed by atoms with Crippen LogP contribution < -0.4 is 0 Å². The van der Waals surface area contributed by atoms with Gasteiger partial charge in [0.05, 0.1) is 6.54 Å². The molecule has 0 aliphatic heterocycles. The number of halogens is 1. The van der Waals surface area contributed by atoms with Gasteiger partial charge >= 0.3 is 0 Å². The molecule has 0 aliphatic rings. The molecule has 0 radical (unpaired) electrons. The molecular weight excluding hydrogens is 174 g/mol. The first-order valence-corrected chi connectivity index (χ1v) is 4.08. The van der Waals surface area contributed by atoms with Gasteiger partial charge in [0.15, 0.2) is 0 Å². The molecule has 0 amide bonds. The van der Waals surface area contributed by atoms with E-state index in [9.17, 15) is 4.79 Å². The van der Waals surface area contributed by atoms with Crippen molar-refractivity contribution in [3.63, 3.8) is 0 Å². The Morgan fingerprint density at radius 3 is 2.58 bits per heavy atom. The number of carbonyl (C=O) groups excluding carboxylic acids is 1. The number of rotatable bonds is 3. The van der Waals surface area contributed by atoms with E-state index in [-0.39, 0.29) is 0 Å². The third-order valence-electron chi connectivity index (χ3n) is 1.58. The molecule has 0 fully saturated rings. The Bertz CT molecular complexity index is 305. The second-order valence-corrected chi connectivity index (χ2v) is 2.58. The van der Waals surface area contributed by atoms with Crippen LogP contribution in [0.3, 0.4) is 0 Å². The van der Waals surface area contributed by atoms with Crippen LogP contribution in [0.15, 0.2) is 29.3 Å². The largest absolute Gasteiger partial charge is 0.235 e. The average Bonchev–Trinajstić information content (AvgIpc) is 2.15. The minimum Gasteiger partial charge on any atom is -0.211 e. The fourth-order valence-corrected chi connectivity index (χ4v) is 1.22. The average molecular weight is 182 g/mol. The number of benzene rings is 1.